The number of hydrogen-bond acceptors (Lipinski definition) is 1. The molecule has 0 N–H and O–H groups in total. The molecule has 0 fully saturated rings. The summed E-state index contributed by atoms with van der Waals surface area (Å²) < 4.78 is 36.1. The van der Waals surface area contributed by atoms with Crippen LogP contribution in [0.25, 0.3) is 6.08 Å². The van der Waals surface area contributed by atoms with Gasteiger partial charge in [0, 0.05) is 0 Å². The van der Waals surface area contributed by atoms with E-state index in [9.17, 15) is 18.0 Å². The van der Waals surface area contributed by atoms with Gasteiger partial charge in [-0.2, -0.15) is 13.2 Å². The van der Waals surface area contributed by atoms with E-state index in [0.29, 0.717) is 5.56 Å². The predicted octanol–water partition coefficient (Wildman–Crippen LogP) is 3.39. The molecule has 1 aromatic rings. The summed E-state index contributed by atoms with van der Waals surface area (Å²) in [5, 5.41) is 0. The molecular formula is C12H11F3O. The van der Waals surface area contributed by atoms with E-state index in [-0.39, 0.29) is 11.3 Å². The second-order valence-corrected chi connectivity index (χ2v) is 3.48. The normalized spacial score (nSPS) is 12.0. The van der Waals surface area contributed by atoms with Gasteiger partial charge in [0.15, 0.2) is 5.78 Å². The molecular weight excluding hydrogens is 217 g/mol. The first-order chi connectivity index (χ1) is 7.37. The van der Waals surface area contributed by atoms with Crippen LogP contribution in [0, 0.1) is 0 Å². The number of halogens is 3. The molecule has 1 nitrogen and oxygen atoms in total. The van der Waals surface area contributed by atoms with Crippen LogP contribution in [-0.4, -0.2) is 12.0 Å². The number of hydrogen-bond donors (Lipinski definition) is 0. The lowest BCUT2D eigenvalue weighted by Crippen LogP contribution is -2.11. The van der Waals surface area contributed by atoms with Crippen LogP contribution < -0.4 is 0 Å². The number of benzene rings is 1. The van der Waals surface area contributed by atoms with E-state index < -0.39 is 12.6 Å². The van der Waals surface area contributed by atoms with Crippen molar-refractivity contribution in [3.8, 4) is 0 Å². The molecule has 0 atom stereocenters. The quantitative estimate of drug-likeness (QED) is 0.725. The fourth-order valence-corrected chi connectivity index (χ4v) is 1.19. The smallest absolute Gasteiger partial charge is 0.295 e. The van der Waals surface area contributed by atoms with E-state index in [1.807, 2.05) is 0 Å². The van der Waals surface area contributed by atoms with Crippen LogP contribution in [0.2, 0.25) is 0 Å². The summed E-state index contributed by atoms with van der Waals surface area (Å²) >= 11 is 0. The largest absolute Gasteiger partial charge is 0.393 e. The third-order valence-corrected chi connectivity index (χ3v) is 1.89. The minimum atomic E-state index is -4.18. The summed E-state index contributed by atoms with van der Waals surface area (Å²) in [4.78, 5) is 10.6. The zero-order valence-corrected chi connectivity index (χ0v) is 8.71. The van der Waals surface area contributed by atoms with Crippen molar-refractivity contribution in [1.82, 2.24) is 0 Å². The molecule has 0 aliphatic carbocycles. The molecule has 0 aromatic heterocycles. The molecule has 4 heteroatoms. The van der Waals surface area contributed by atoms with Gasteiger partial charge in [-0.1, -0.05) is 30.3 Å². The fraction of sp³-hybridized carbons (Fsp3) is 0.250. The predicted molar refractivity (Wildman–Crippen MR) is 55.9 cm³/mol. The topological polar surface area (TPSA) is 17.1 Å². The van der Waals surface area contributed by atoms with Crippen LogP contribution in [-0.2, 0) is 11.2 Å². The number of rotatable bonds is 3. The van der Waals surface area contributed by atoms with Gasteiger partial charge in [0.2, 0.25) is 0 Å². The molecule has 0 saturated carbocycles. The average molecular weight is 228 g/mol. The Morgan fingerprint density at radius 1 is 1.25 bits per heavy atom. The van der Waals surface area contributed by atoms with Crippen molar-refractivity contribution in [1.29, 1.82) is 0 Å². The molecule has 16 heavy (non-hydrogen) atoms. The van der Waals surface area contributed by atoms with Gasteiger partial charge in [-0.3, -0.25) is 4.79 Å². The monoisotopic (exact) mass is 228 g/mol. The second-order valence-electron chi connectivity index (χ2n) is 3.48. The van der Waals surface area contributed by atoms with Crippen molar-refractivity contribution in [2.45, 2.75) is 19.5 Å². The Morgan fingerprint density at radius 2 is 1.81 bits per heavy atom. The lowest BCUT2D eigenvalue weighted by molar-refractivity contribution is -0.127. The van der Waals surface area contributed by atoms with E-state index >= 15 is 0 Å². The zero-order chi connectivity index (χ0) is 12.2. The van der Waals surface area contributed by atoms with Crippen molar-refractivity contribution >= 4 is 11.9 Å². The molecule has 0 amide bonds. The van der Waals surface area contributed by atoms with Crippen molar-refractivity contribution < 1.29 is 18.0 Å². The molecule has 0 aliphatic rings. The molecule has 1 aromatic carbocycles. The maximum atomic E-state index is 12.0. The van der Waals surface area contributed by atoms with Gasteiger partial charge in [0.05, 0.1) is 6.42 Å². The van der Waals surface area contributed by atoms with Crippen molar-refractivity contribution in [2.75, 3.05) is 0 Å². The Hall–Kier alpha value is -1.58. The van der Waals surface area contributed by atoms with Crippen molar-refractivity contribution in [2.24, 2.45) is 0 Å². The summed E-state index contributed by atoms with van der Waals surface area (Å²) in [5.74, 6) is -0.0978. The summed E-state index contributed by atoms with van der Waals surface area (Å²) in [6, 6.07) is 5.93. The third kappa shape index (κ3) is 4.77. The number of carbonyl (C=O) groups excluding carboxylic acids is 1. The number of alkyl halides is 3. The summed E-state index contributed by atoms with van der Waals surface area (Å²) in [7, 11) is 0. The Morgan fingerprint density at radius 3 is 2.25 bits per heavy atom. The van der Waals surface area contributed by atoms with Gasteiger partial charge in [-0.25, -0.2) is 0 Å². The molecule has 0 saturated heterocycles. The standard InChI is InChI=1S/C12H11F3O/c1-9(16)2-3-10-4-6-11(7-5-10)8-12(13,14)15/h2-7H,8H2,1H3. The molecule has 0 spiro atoms. The van der Waals surface area contributed by atoms with E-state index in [1.54, 1.807) is 18.2 Å². The molecule has 0 bridgehead atoms. The molecule has 1 rings (SSSR count). The Labute approximate surface area is 91.6 Å². The number of allylic oxidation sites excluding steroid dienone is 1. The minimum absolute atomic E-state index is 0.0978. The van der Waals surface area contributed by atoms with Gasteiger partial charge in [0.25, 0.3) is 0 Å². The molecule has 0 aliphatic heterocycles. The Kier molecular flexibility index (Phi) is 3.88. The van der Waals surface area contributed by atoms with Crippen LogP contribution >= 0.6 is 0 Å². The highest BCUT2D eigenvalue weighted by Crippen LogP contribution is 2.21. The molecule has 0 unspecified atom stereocenters. The van der Waals surface area contributed by atoms with Crippen LogP contribution in [0.5, 0.6) is 0 Å². The average Bonchev–Trinajstić information content (AvgIpc) is 2.14. The molecule has 86 valence electrons. The maximum Gasteiger partial charge on any atom is 0.393 e. The lowest BCUT2D eigenvalue weighted by atomic mass is 10.1. The number of ketones is 1. The van der Waals surface area contributed by atoms with E-state index in [4.69, 9.17) is 0 Å². The zero-order valence-electron chi connectivity index (χ0n) is 8.71. The van der Waals surface area contributed by atoms with Crippen molar-refractivity contribution in [3.05, 3.63) is 41.5 Å². The van der Waals surface area contributed by atoms with E-state index in [0.717, 1.165) is 0 Å². The fourth-order valence-electron chi connectivity index (χ4n) is 1.19. The maximum absolute atomic E-state index is 12.0. The van der Waals surface area contributed by atoms with Crippen LogP contribution in [0.4, 0.5) is 13.2 Å². The van der Waals surface area contributed by atoms with Crippen LogP contribution in [0.1, 0.15) is 18.1 Å². The first kappa shape index (κ1) is 12.5. The van der Waals surface area contributed by atoms with E-state index in [1.165, 1.54) is 25.1 Å². The Bertz CT molecular complexity index is 388. The summed E-state index contributed by atoms with van der Waals surface area (Å²) in [5.41, 5.74) is 0.925. The second kappa shape index (κ2) is 4.96. The first-order valence-corrected chi connectivity index (χ1v) is 4.71. The Balaban J connectivity index is 2.72. The molecule has 0 heterocycles. The molecule has 0 radical (unpaired) electrons. The number of carbonyl (C=O) groups is 1. The SMILES string of the molecule is CC(=O)C=Cc1ccc(CC(F)(F)F)cc1. The highest BCUT2D eigenvalue weighted by atomic mass is 19.4. The van der Waals surface area contributed by atoms with Gasteiger partial charge in [0.1, 0.15) is 0 Å². The lowest BCUT2D eigenvalue weighted by Gasteiger charge is -2.05. The van der Waals surface area contributed by atoms with Crippen LogP contribution in [0.3, 0.4) is 0 Å². The van der Waals surface area contributed by atoms with Gasteiger partial charge in [-0.15, -0.1) is 0 Å². The van der Waals surface area contributed by atoms with Gasteiger partial charge >= 0.3 is 6.18 Å². The van der Waals surface area contributed by atoms with Gasteiger partial charge < -0.3 is 0 Å². The summed E-state index contributed by atoms with van der Waals surface area (Å²) in [6.45, 7) is 1.41. The van der Waals surface area contributed by atoms with Crippen LogP contribution in [0.15, 0.2) is 30.3 Å². The highest BCUT2D eigenvalue weighted by Gasteiger charge is 2.27. The first-order valence-electron chi connectivity index (χ1n) is 4.71. The van der Waals surface area contributed by atoms with Gasteiger partial charge in [-0.05, 0) is 24.1 Å². The van der Waals surface area contributed by atoms with Crippen molar-refractivity contribution in [3.63, 3.8) is 0 Å². The third-order valence-electron chi connectivity index (χ3n) is 1.89. The van der Waals surface area contributed by atoms with E-state index in [2.05, 4.69) is 0 Å². The highest BCUT2D eigenvalue weighted by molar-refractivity contribution is 5.91. The summed E-state index contributed by atoms with van der Waals surface area (Å²) in [6.07, 6.45) is -2.17. The minimum Gasteiger partial charge on any atom is -0.295 e.